The highest BCUT2D eigenvalue weighted by Gasteiger charge is 2.45. The molecule has 0 radical (unpaired) electrons. The second kappa shape index (κ2) is 12.8. The van der Waals surface area contributed by atoms with Gasteiger partial charge in [-0.3, -0.25) is 9.69 Å². The number of ether oxygens (including phenoxy) is 1. The van der Waals surface area contributed by atoms with Gasteiger partial charge in [-0.05, 0) is 64.0 Å². The van der Waals surface area contributed by atoms with Crippen molar-refractivity contribution in [1.29, 1.82) is 0 Å². The number of carbonyl (C=O) groups is 2. The third kappa shape index (κ3) is 8.05. The summed E-state index contributed by atoms with van der Waals surface area (Å²) >= 11 is 0. The Labute approximate surface area is 227 Å². The van der Waals surface area contributed by atoms with E-state index in [-0.39, 0.29) is 30.1 Å². The summed E-state index contributed by atoms with van der Waals surface area (Å²) in [5.74, 6) is 0.141. The maximum absolute atomic E-state index is 12.7. The van der Waals surface area contributed by atoms with E-state index in [0.717, 1.165) is 44.2 Å². The second-order valence-corrected chi connectivity index (χ2v) is 11.9. The Bertz CT molecular complexity index is 1040. The van der Waals surface area contributed by atoms with Gasteiger partial charge in [0.2, 0.25) is 5.91 Å². The van der Waals surface area contributed by atoms with E-state index < -0.39 is 6.09 Å². The van der Waals surface area contributed by atoms with E-state index in [9.17, 15) is 9.59 Å². The number of alkyl carbamates (subject to hydrolysis) is 1. The van der Waals surface area contributed by atoms with Crippen LogP contribution in [0.25, 0.3) is 0 Å². The molecule has 2 amide bonds. The molecule has 2 aliphatic rings. The molecule has 38 heavy (non-hydrogen) atoms. The van der Waals surface area contributed by atoms with Gasteiger partial charge in [0, 0.05) is 37.1 Å². The van der Waals surface area contributed by atoms with Gasteiger partial charge in [0.1, 0.15) is 6.61 Å². The van der Waals surface area contributed by atoms with E-state index in [1.807, 2.05) is 48.5 Å². The van der Waals surface area contributed by atoms with Crippen molar-refractivity contribution in [3.8, 4) is 0 Å². The number of carbonyl (C=O) groups excluding carboxylic acids is 2. The highest BCUT2D eigenvalue weighted by molar-refractivity contribution is 5.74. The van der Waals surface area contributed by atoms with Gasteiger partial charge >= 0.3 is 6.09 Å². The Morgan fingerprint density at radius 3 is 2.26 bits per heavy atom. The lowest BCUT2D eigenvalue weighted by Crippen LogP contribution is -2.53. The molecule has 7 heteroatoms. The van der Waals surface area contributed by atoms with Crippen molar-refractivity contribution in [3.05, 3.63) is 71.8 Å². The number of hydrogen-bond donors (Lipinski definition) is 2. The number of nitrogens with zero attached hydrogens (tertiary/aromatic N) is 2. The van der Waals surface area contributed by atoms with Crippen LogP contribution in [-0.4, -0.2) is 64.7 Å². The highest BCUT2D eigenvalue weighted by atomic mass is 16.5. The normalized spacial score (nSPS) is 22.5. The molecule has 2 aromatic carbocycles. The summed E-state index contributed by atoms with van der Waals surface area (Å²) < 4.78 is 5.53. The molecule has 4 atom stereocenters. The zero-order valence-corrected chi connectivity index (χ0v) is 23.4. The molecule has 2 N–H and O–H groups in total. The average molecular weight is 521 g/mol. The van der Waals surface area contributed by atoms with Gasteiger partial charge in [-0.2, -0.15) is 0 Å². The molecule has 0 unspecified atom stereocenters. The Balaban J connectivity index is 1.38. The third-order valence-electron chi connectivity index (χ3n) is 7.65. The van der Waals surface area contributed by atoms with E-state index in [2.05, 4.69) is 53.3 Å². The van der Waals surface area contributed by atoms with Crippen molar-refractivity contribution < 1.29 is 14.3 Å². The Morgan fingerprint density at radius 2 is 1.63 bits per heavy atom. The van der Waals surface area contributed by atoms with Gasteiger partial charge in [-0.1, -0.05) is 60.7 Å². The number of hydrogen-bond acceptors (Lipinski definition) is 5. The van der Waals surface area contributed by atoms with Gasteiger partial charge in [-0.15, -0.1) is 0 Å². The predicted octanol–water partition coefficient (Wildman–Crippen LogP) is 4.71. The Morgan fingerprint density at radius 1 is 0.974 bits per heavy atom. The summed E-state index contributed by atoms with van der Waals surface area (Å²) in [7, 11) is 0. The molecule has 0 bridgehead atoms. The number of amides is 2. The van der Waals surface area contributed by atoms with E-state index in [0.29, 0.717) is 18.8 Å². The maximum atomic E-state index is 12.7. The van der Waals surface area contributed by atoms with Gasteiger partial charge in [-0.25, -0.2) is 4.79 Å². The first-order valence-corrected chi connectivity index (χ1v) is 14.0. The summed E-state index contributed by atoms with van der Waals surface area (Å²) in [5, 5.41) is 6.87. The minimum absolute atomic E-state index is 0.0578. The highest BCUT2D eigenvalue weighted by Crippen LogP contribution is 2.34. The fourth-order valence-electron chi connectivity index (χ4n) is 5.99. The number of benzene rings is 2. The Hall–Kier alpha value is -2.90. The van der Waals surface area contributed by atoms with Crippen LogP contribution in [-0.2, 0) is 22.6 Å². The molecule has 1 aliphatic carbocycles. The van der Waals surface area contributed by atoms with Crippen LogP contribution in [0.4, 0.5) is 4.79 Å². The van der Waals surface area contributed by atoms with Crippen LogP contribution in [0.1, 0.15) is 64.5 Å². The monoisotopic (exact) mass is 520 g/mol. The van der Waals surface area contributed by atoms with E-state index >= 15 is 0 Å². The second-order valence-electron chi connectivity index (χ2n) is 11.9. The summed E-state index contributed by atoms with van der Waals surface area (Å²) in [6, 6.07) is 20.9. The molecule has 1 aliphatic heterocycles. The number of fused-ring (bicyclic) bond motifs is 1. The van der Waals surface area contributed by atoms with Crippen LogP contribution >= 0.6 is 0 Å². The first kappa shape index (κ1) is 28.1. The molecule has 7 nitrogen and oxygen atoms in total. The molecular weight excluding hydrogens is 476 g/mol. The molecule has 206 valence electrons. The molecule has 1 heterocycles. The minimum Gasteiger partial charge on any atom is -0.445 e. The summed E-state index contributed by atoms with van der Waals surface area (Å²) in [6.07, 6.45) is 4.28. The lowest BCUT2D eigenvalue weighted by molar-refractivity contribution is -0.130. The summed E-state index contributed by atoms with van der Waals surface area (Å²) in [5.41, 5.74) is 2.20. The van der Waals surface area contributed by atoms with E-state index in [1.54, 1.807) is 6.92 Å². The lowest BCUT2D eigenvalue weighted by Gasteiger charge is -2.39. The van der Waals surface area contributed by atoms with Crippen LogP contribution in [0.3, 0.4) is 0 Å². The van der Waals surface area contributed by atoms with Crippen LogP contribution < -0.4 is 10.6 Å². The van der Waals surface area contributed by atoms with E-state index in [4.69, 9.17) is 4.74 Å². The molecule has 4 rings (SSSR count). The average Bonchev–Trinajstić information content (AvgIpc) is 3.24. The molecule has 2 aromatic rings. The fourth-order valence-corrected chi connectivity index (χ4v) is 5.99. The third-order valence-corrected chi connectivity index (χ3v) is 7.65. The maximum Gasteiger partial charge on any atom is 0.407 e. The smallest absolute Gasteiger partial charge is 0.407 e. The number of rotatable bonds is 9. The van der Waals surface area contributed by atoms with Crippen molar-refractivity contribution in [2.75, 3.05) is 13.2 Å². The largest absolute Gasteiger partial charge is 0.445 e. The summed E-state index contributed by atoms with van der Waals surface area (Å²) in [4.78, 5) is 29.8. The first-order chi connectivity index (χ1) is 18.2. The molecular formula is C31H44N4O3. The summed E-state index contributed by atoms with van der Waals surface area (Å²) in [6.45, 7) is 10.0. The van der Waals surface area contributed by atoms with Crippen LogP contribution in [0.15, 0.2) is 60.7 Å². The predicted molar refractivity (Wildman–Crippen MR) is 151 cm³/mol. The minimum atomic E-state index is -0.395. The van der Waals surface area contributed by atoms with Crippen LogP contribution in [0.5, 0.6) is 0 Å². The molecule has 0 spiro atoms. The van der Waals surface area contributed by atoms with Gasteiger partial charge < -0.3 is 20.3 Å². The standard InChI is InChI=1S/C31H44N4O3/c1-23(36)35-22-34(28-16-15-27(20-29(28)35)33-31(2,3)4)18-17-26(19-24-11-7-5-8-12-24)32-30(37)38-21-25-13-9-6-10-14-25/h5-14,26-29,33H,15-22H2,1-4H3,(H,32,37)/t26-,27+,28-,29+/m0/s1. The first-order valence-electron chi connectivity index (χ1n) is 14.0. The Kier molecular flexibility index (Phi) is 9.44. The van der Waals surface area contributed by atoms with E-state index in [1.165, 1.54) is 5.56 Å². The fraction of sp³-hybridized carbons (Fsp3) is 0.548. The number of nitrogens with one attached hydrogen (secondary N) is 2. The molecule has 0 aromatic heterocycles. The van der Waals surface area contributed by atoms with Gasteiger partial charge in [0.25, 0.3) is 0 Å². The van der Waals surface area contributed by atoms with Crippen molar-refractivity contribution in [3.63, 3.8) is 0 Å². The van der Waals surface area contributed by atoms with Crippen molar-refractivity contribution in [1.82, 2.24) is 20.4 Å². The van der Waals surface area contributed by atoms with Crippen LogP contribution in [0, 0.1) is 0 Å². The zero-order valence-electron chi connectivity index (χ0n) is 23.4. The van der Waals surface area contributed by atoms with Crippen molar-refractivity contribution in [2.24, 2.45) is 0 Å². The SMILES string of the molecule is CC(=O)N1CN(CC[C@@H](Cc2ccccc2)NC(=O)OCc2ccccc2)[C@H]2CC[C@@H](NC(C)(C)C)C[C@H]21. The lowest BCUT2D eigenvalue weighted by atomic mass is 9.85. The quantitative estimate of drug-likeness (QED) is 0.501. The van der Waals surface area contributed by atoms with Crippen molar-refractivity contribution in [2.45, 2.75) is 96.1 Å². The molecule has 1 saturated heterocycles. The molecule has 1 saturated carbocycles. The van der Waals surface area contributed by atoms with Crippen molar-refractivity contribution >= 4 is 12.0 Å². The zero-order chi connectivity index (χ0) is 27.1. The topological polar surface area (TPSA) is 73.9 Å². The van der Waals surface area contributed by atoms with Crippen LogP contribution in [0.2, 0.25) is 0 Å². The molecule has 2 fully saturated rings. The van der Waals surface area contributed by atoms with Gasteiger partial charge in [0.15, 0.2) is 0 Å². The van der Waals surface area contributed by atoms with Gasteiger partial charge in [0.05, 0.1) is 12.7 Å².